The van der Waals surface area contributed by atoms with Crippen LogP contribution in [0.25, 0.3) is 11.1 Å². The van der Waals surface area contributed by atoms with Gasteiger partial charge in [-0.3, -0.25) is 4.79 Å². The van der Waals surface area contributed by atoms with E-state index in [0.29, 0.717) is 12.8 Å². The summed E-state index contributed by atoms with van der Waals surface area (Å²) in [5.41, 5.74) is 3.58. The number of benzene rings is 2. The highest BCUT2D eigenvalue weighted by atomic mass is 16.5. The second-order valence-electron chi connectivity index (χ2n) is 10.0. The van der Waals surface area contributed by atoms with Crippen molar-refractivity contribution in [2.75, 3.05) is 13.2 Å². The summed E-state index contributed by atoms with van der Waals surface area (Å²) in [6, 6.07) is 14.7. The van der Waals surface area contributed by atoms with Gasteiger partial charge in [0, 0.05) is 24.9 Å². The van der Waals surface area contributed by atoms with Gasteiger partial charge < -0.3 is 25.2 Å². The van der Waals surface area contributed by atoms with Crippen molar-refractivity contribution < 1.29 is 29.3 Å². The van der Waals surface area contributed by atoms with Crippen LogP contribution in [0.2, 0.25) is 0 Å². The number of nitrogens with one attached hydrogen (secondary N) is 1. The standard InChI is InChI=1S/C27H30N2O6/c1-27(25(33)29-14-16(30)13-22(29)24(31)32)12-6-11-23(27)28-26(34)35-15-21-19-9-4-2-7-17(19)18-8-3-5-10-20(18)21/h2-5,7-10,16,21-23,30H,6,11-15H2,1H3,(H,28,34)(H,31,32)/t16-,22-,23?,27?/m1/s1. The minimum absolute atomic E-state index is 0.0109. The number of β-amino-alcohol motifs (C(OH)–C–C–N with tert-alkyl or cyclic N) is 1. The lowest BCUT2D eigenvalue weighted by atomic mass is 9.83. The van der Waals surface area contributed by atoms with Crippen molar-refractivity contribution in [3.63, 3.8) is 0 Å². The van der Waals surface area contributed by atoms with Crippen LogP contribution >= 0.6 is 0 Å². The number of likely N-dealkylation sites (tertiary alicyclic amines) is 1. The number of carboxylic acid groups (broad SMARTS) is 1. The van der Waals surface area contributed by atoms with E-state index < -0.39 is 35.7 Å². The van der Waals surface area contributed by atoms with Crippen LogP contribution in [0.3, 0.4) is 0 Å². The number of fused-ring (bicyclic) bond motifs is 3. The number of ether oxygens (including phenoxy) is 1. The number of amides is 2. The third-order valence-corrected chi connectivity index (χ3v) is 7.91. The molecule has 8 heteroatoms. The highest BCUT2D eigenvalue weighted by Gasteiger charge is 2.51. The van der Waals surface area contributed by atoms with E-state index >= 15 is 0 Å². The summed E-state index contributed by atoms with van der Waals surface area (Å²) in [5.74, 6) is -1.53. The molecule has 3 N–H and O–H groups in total. The van der Waals surface area contributed by atoms with Crippen LogP contribution in [-0.2, 0) is 14.3 Å². The molecular formula is C27H30N2O6. The van der Waals surface area contributed by atoms with E-state index in [-0.39, 0.29) is 31.4 Å². The number of aliphatic hydroxyl groups excluding tert-OH is 1. The molecule has 2 amide bonds. The van der Waals surface area contributed by atoms with Gasteiger partial charge in [-0.2, -0.15) is 0 Å². The molecule has 1 saturated heterocycles. The summed E-state index contributed by atoms with van der Waals surface area (Å²) in [7, 11) is 0. The molecule has 1 heterocycles. The number of hydrogen-bond acceptors (Lipinski definition) is 5. The Labute approximate surface area is 203 Å². The molecule has 2 aromatic rings. The van der Waals surface area contributed by atoms with Gasteiger partial charge in [-0.05, 0) is 42.0 Å². The Morgan fingerprint density at radius 3 is 2.34 bits per heavy atom. The average molecular weight is 479 g/mol. The number of carbonyl (C=O) groups excluding carboxylic acids is 2. The van der Waals surface area contributed by atoms with Gasteiger partial charge in [0.25, 0.3) is 0 Å². The molecule has 2 fully saturated rings. The van der Waals surface area contributed by atoms with Crippen LogP contribution in [-0.4, -0.2) is 64.4 Å². The molecule has 3 aliphatic rings. The van der Waals surface area contributed by atoms with Gasteiger partial charge in [-0.15, -0.1) is 0 Å². The Hall–Kier alpha value is -3.39. The summed E-state index contributed by atoms with van der Waals surface area (Å²) >= 11 is 0. The number of carbonyl (C=O) groups is 3. The van der Waals surface area contributed by atoms with E-state index in [2.05, 4.69) is 29.6 Å². The molecule has 0 bridgehead atoms. The van der Waals surface area contributed by atoms with E-state index in [4.69, 9.17) is 4.74 Å². The molecule has 0 radical (unpaired) electrons. The minimum atomic E-state index is -1.13. The normalized spacial score (nSPS) is 27.4. The highest BCUT2D eigenvalue weighted by molar-refractivity contribution is 5.89. The van der Waals surface area contributed by atoms with Crippen molar-refractivity contribution in [2.24, 2.45) is 5.41 Å². The van der Waals surface area contributed by atoms with Gasteiger partial charge >= 0.3 is 12.1 Å². The van der Waals surface area contributed by atoms with Crippen molar-refractivity contribution in [3.05, 3.63) is 59.7 Å². The lowest BCUT2D eigenvalue weighted by Gasteiger charge is -2.35. The van der Waals surface area contributed by atoms with E-state index in [0.717, 1.165) is 28.7 Å². The summed E-state index contributed by atoms with van der Waals surface area (Å²) in [4.78, 5) is 39.2. The molecule has 184 valence electrons. The molecule has 35 heavy (non-hydrogen) atoms. The van der Waals surface area contributed by atoms with Crippen LogP contribution in [0, 0.1) is 5.41 Å². The highest BCUT2D eigenvalue weighted by Crippen LogP contribution is 2.45. The van der Waals surface area contributed by atoms with E-state index in [9.17, 15) is 24.6 Å². The van der Waals surface area contributed by atoms with Crippen LogP contribution in [0.5, 0.6) is 0 Å². The zero-order valence-corrected chi connectivity index (χ0v) is 19.6. The molecule has 0 aromatic heterocycles. The second kappa shape index (κ2) is 9.00. The van der Waals surface area contributed by atoms with Crippen molar-refractivity contribution in [1.82, 2.24) is 10.2 Å². The average Bonchev–Trinajstić information content (AvgIpc) is 3.51. The van der Waals surface area contributed by atoms with Crippen LogP contribution < -0.4 is 5.32 Å². The lowest BCUT2D eigenvalue weighted by molar-refractivity contribution is -0.153. The number of carboxylic acids is 1. The predicted molar refractivity (Wildman–Crippen MR) is 128 cm³/mol. The second-order valence-corrected chi connectivity index (χ2v) is 10.0. The van der Waals surface area contributed by atoms with Crippen molar-refractivity contribution in [2.45, 2.75) is 56.7 Å². The first-order valence-electron chi connectivity index (χ1n) is 12.1. The number of aliphatic carboxylic acids is 1. The number of rotatable bonds is 5. The molecule has 2 aromatic carbocycles. The summed E-state index contributed by atoms with van der Waals surface area (Å²) < 4.78 is 5.67. The molecular weight excluding hydrogens is 448 g/mol. The SMILES string of the molecule is CC1(C(=O)N2C[C@H](O)C[C@@H]2C(=O)O)CCCC1NC(=O)OCC1c2ccccc2-c2ccccc21. The van der Waals surface area contributed by atoms with Crippen LogP contribution in [0.15, 0.2) is 48.5 Å². The maximum Gasteiger partial charge on any atom is 0.407 e. The number of alkyl carbamates (subject to hydrolysis) is 1. The molecule has 0 spiro atoms. The zero-order valence-electron chi connectivity index (χ0n) is 19.6. The number of nitrogens with zero attached hydrogens (tertiary/aromatic N) is 1. The zero-order chi connectivity index (χ0) is 24.7. The van der Waals surface area contributed by atoms with Crippen LogP contribution in [0.1, 0.15) is 49.7 Å². The minimum Gasteiger partial charge on any atom is -0.480 e. The largest absolute Gasteiger partial charge is 0.480 e. The van der Waals surface area contributed by atoms with E-state index in [1.807, 2.05) is 24.3 Å². The maximum atomic E-state index is 13.4. The third-order valence-electron chi connectivity index (χ3n) is 7.91. The fourth-order valence-electron chi connectivity index (χ4n) is 6.04. The monoisotopic (exact) mass is 478 g/mol. The first-order chi connectivity index (χ1) is 16.8. The van der Waals surface area contributed by atoms with Crippen molar-refractivity contribution in [1.29, 1.82) is 0 Å². The molecule has 1 saturated carbocycles. The molecule has 5 rings (SSSR count). The number of hydrogen-bond donors (Lipinski definition) is 3. The Bertz CT molecular complexity index is 1120. The Balaban J connectivity index is 1.26. The molecule has 8 nitrogen and oxygen atoms in total. The first kappa shape index (κ1) is 23.4. The predicted octanol–water partition coefficient (Wildman–Crippen LogP) is 3.13. The third kappa shape index (κ3) is 4.05. The molecule has 2 unspecified atom stereocenters. The Morgan fingerprint density at radius 1 is 1.09 bits per heavy atom. The van der Waals surface area contributed by atoms with Crippen LogP contribution in [0.4, 0.5) is 4.79 Å². The van der Waals surface area contributed by atoms with Gasteiger partial charge in [0.1, 0.15) is 12.6 Å². The fourth-order valence-corrected chi connectivity index (χ4v) is 6.04. The summed E-state index contributed by atoms with van der Waals surface area (Å²) in [6.07, 6.45) is 0.416. The van der Waals surface area contributed by atoms with Crippen molar-refractivity contribution in [3.8, 4) is 11.1 Å². The molecule has 1 aliphatic heterocycles. The smallest absolute Gasteiger partial charge is 0.407 e. The topological polar surface area (TPSA) is 116 Å². The van der Waals surface area contributed by atoms with Gasteiger partial charge in [0.15, 0.2) is 0 Å². The first-order valence-corrected chi connectivity index (χ1v) is 12.1. The molecule has 2 aliphatic carbocycles. The lowest BCUT2D eigenvalue weighted by Crippen LogP contribution is -2.54. The Morgan fingerprint density at radius 2 is 1.71 bits per heavy atom. The fraction of sp³-hybridized carbons (Fsp3) is 0.444. The summed E-state index contributed by atoms with van der Waals surface area (Å²) in [6.45, 7) is 1.93. The van der Waals surface area contributed by atoms with E-state index in [1.54, 1.807) is 6.92 Å². The van der Waals surface area contributed by atoms with Gasteiger partial charge in [0.2, 0.25) is 5.91 Å². The maximum absolute atomic E-state index is 13.4. The Kier molecular flexibility index (Phi) is 6.01. The van der Waals surface area contributed by atoms with Gasteiger partial charge in [-0.1, -0.05) is 55.0 Å². The van der Waals surface area contributed by atoms with E-state index in [1.165, 1.54) is 4.90 Å². The van der Waals surface area contributed by atoms with Gasteiger partial charge in [0.05, 0.1) is 11.5 Å². The quantitative estimate of drug-likeness (QED) is 0.608. The van der Waals surface area contributed by atoms with Crippen molar-refractivity contribution >= 4 is 18.0 Å². The number of aliphatic hydroxyl groups is 1. The van der Waals surface area contributed by atoms with Gasteiger partial charge in [-0.25, -0.2) is 9.59 Å². The summed E-state index contributed by atoms with van der Waals surface area (Å²) in [5, 5.41) is 22.4. The molecule has 4 atom stereocenters.